The quantitative estimate of drug-likeness (QED) is 0.764. The lowest BCUT2D eigenvalue weighted by atomic mass is 9.84. The monoisotopic (exact) mass is 261 g/mol. The molecule has 2 fully saturated rings. The molecule has 0 spiro atoms. The van der Waals surface area contributed by atoms with Crippen LogP contribution in [0.15, 0.2) is 0 Å². The molecule has 1 amide bonds. The molecule has 18 heavy (non-hydrogen) atoms. The average molecular weight is 261 g/mol. The summed E-state index contributed by atoms with van der Waals surface area (Å²) in [7, 11) is 0. The molecule has 2 aliphatic rings. The molecule has 2 rings (SSSR count). The van der Waals surface area contributed by atoms with Crippen LogP contribution in [-0.4, -0.2) is 42.5 Å². The van der Waals surface area contributed by atoms with E-state index in [4.69, 9.17) is 4.74 Å². The highest BCUT2D eigenvalue weighted by atomic mass is 19.3. The largest absolute Gasteiger partial charge is 0.374 e. The van der Waals surface area contributed by atoms with E-state index in [2.05, 4.69) is 0 Å². The molecular formula is C13H21F2NO2. The summed E-state index contributed by atoms with van der Waals surface area (Å²) in [4.78, 5) is 12.8. The highest BCUT2D eigenvalue weighted by Crippen LogP contribution is 2.30. The van der Waals surface area contributed by atoms with Crippen molar-refractivity contribution in [1.29, 1.82) is 0 Å². The van der Waals surface area contributed by atoms with Crippen LogP contribution in [0.3, 0.4) is 0 Å². The lowest BCUT2D eigenvalue weighted by molar-refractivity contribution is -0.164. The van der Waals surface area contributed by atoms with Crippen molar-refractivity contribution in [2.45, 2.75) is 51.1 Å². The molecule has 0 aromatic rings. The van der Waals surface area contributed by atoms with Crippen LogP contribution in [-0.2, 0) is 9.53 Å². The Labute approximate surface area is 106 Å². The van der Waals surface area contributed by atoms with Crippen LogP contribution < -0.4 is 0 Å². The van der Waals surface area contributed by atoms with Gasteiger partial charge in [0, 0.05) is 20.0 Å². The predicted octanol–water partition coefficient (Wildman–Crippen LogP) is 2.45. The van der Waals surface area contributed by atoms with Gasteiger partial charge in [-0.05, 0) is 18.8 Å². The van der Waals surface area contributed by atoms with E-state index in [-0.39, 0.29) is 12.6 Å². The fourth-order valence-electron chi connectivity index (χ4n) is 2.93. The van der Waals surface area contributed by atoms with Gasteiger partial charge in [-0.3, -0.25) is 4.79 Å². The zero-order chi connectivity index (χ0) is 13.2. The van der Waals surface area contributed by atoms with E-state index in [0.717, 1.165) is 12.8 Å². The summed E-state index contributed by atoms with van der Waals surface area (Å²) in [5, 5.41) is 0. The molecule has 1 unspecified atom stereocenters. The van der Waals surface area contributed by atoms with Crippen molar-refractivity contribution >= 4 is 5.91 Å². The molecule has 1 atom stereocenters. The Hall–Kier alpha value is -0.710. The molecule has 1 saturated carbocycles. The normalized spacial score (nSPS) is 27.3. The van der Waals surface area contributed by atoms with Gasteiger partial charge in [0.05, 0.1) is 12.7 Å². The van der Waals surface area contributed by atoms with E-state index in [1.165, 1.54) is 24.2 Å². The zero-order valence-corrected chi connectivity index (χ0v) is 10.8. The highest BCUT2D eigenvalue weighted by molar-refractivity contribution is 5.83. The van der Waals surface area contributed by atoms with Crippen LogP contribution in [0.2, 0.25) is 0 Å². The fraction of sp³-hybridized carbons (Fsp3) is 0.923. The molecule has 1 heterocycles. The van der Waals surface area contributed by atoms with Crippen LogP contribution in [0, 0.1) is 5.92 Å². The Kier molecular flexibility index (Phi) is 4.20. The van der Waals surface area contributed by atoms with Gasteiger partial charge in [-0.15, -0.1) is 0 Å². The summed E-state index contributed by atoms with van der Waals surface area (Å²) in [6.45, 7) is 1.65. The topological polar surface area (TPSA) is 29.5 Å². The second-order valence-corrected chi connectivity index (χ2v) is 5.45. The van der Waals surface area contributed by atoms with E-state index >= 15 is 0 Å². The zero-order valence-electron chi connectivity index (χ0n) is 10.8. The van der Waals surface area contributed by atoms with Gasteiger partial charge in [0.15, 0.2) is 0 Å². The maximum atomic E-state index is 13.0. The highest BCUT2D eigenvalue weighted by Gasteiger charge is 2.40. The Morgan fingerprint density at radius 2 is 1.94 bits per heavy atom. The SMILES string of the molecule is CC(F)(F)C(=O)N1CCOC(C2CCCCC2)C1. The van der Waals surface area contributed by atoms with Crippen LogP contribution in [0.1, 0.15) is 39.0 Å². The Morgan fingerprint density at radius 1 is 1.28 bits per heavy atom. The number of nitrogens with zero attached hydrogens (tertiary/aromatic N) is 1. The van der Waals surface area contributed by atoms with E-state index in [1.54, 1.807) is 0 Å². The number of rotatable bonds is 2. The molecule has 1 aliphatic carbocycles. The molecule has 0 aromatic heterocycles. The van der Waals surface area contributed by atoms with Gasteiger partial charge in [0.25, 0.3) is 5.91 Å². The summed E-state index contributed by atoms with van der Waals surface area (Å²) in [6.07, 6.45) is 5.75. The number of carbonyl (C=O) groups is 1. The molecule has 0 N–H and O–H groups in total. The molecular weight excluding hydrogens is 240 g/mol. The van der Waals surface area contributed by atoms with E-state index < -0.39 is 11.8 Å². The van der Waals surface area contributed by atoms with Gasteiger partial charge >= 0.3 is 5.92 Å². The molecule has 1 saturated heterocycles. The molecule has 3 nitrogen and oxygen atoms in total. The third-order valence-corrected chi connectivity index (χ3v) is 3.93. The van der Waals surface area contributed by atoms with E-state index in [0.29, 0.717) is 26.0 Å². The van der Waals surface area contributed by atoms with Gasteiger partial charge in [0.1, 0.15) is 0 Å². The summed E-state index contributed by atoms with van der Waals surface area (Å²) in [5.41, 5.74) is 0. The first kappa shape index (κ1) is 13.7. The van der Waals surface area contributed by atoms with Crippen molar-refractivity contribution in [2.75, 3.05) is 19.7 Å². The van der Waals surface area contributed by atoms with Gasteiger partial charge in [0.2, 0.25) is 0 Å². The molecule has 0 aromatic carbocycles. The van der Waals surface area contributed by atoms with Crippen molar-refractivity contribution in [3.63, 3.8) is 0 Å². The minimum atomic E-state index is -3.27. The van der Waals surface area contributed by atoms with Gasteiger partial charge in [-0.1, -0.05) is 19.3 Å². The predicted molar refractivity (Wildman–Crippen MR) is 63.5 cm³/mol. The van der Waals surface area contributed by atoms with Crippen LogP contribution in [0.25, 0.3) is 0 Å². The lowest BCUT2D eigenvalue weighted by Crippen LogP contribution is -2.52. The first-order chi connectivity index (χ1) is 8.48. The molecule has 0 bridgehead atoms. The maximum Gasteiger partial charge on any atom is 0.322 e. The van der Waals surface area contributed by atoms with Gasteiger partial charge in [-0.25, -0.2) is 0 Å². The number of halogens is 2. The first-order valence-electron chi connectivity index (χ1n) is 6.77. The number of carbonyl (C=O) groups excluding carboxylic acids is 1. The number of hydrogen-bond acceptors (Lipinski definition) is 2. The third kappa shape index (κ3) is 3.19. The van der Waals surface area contributed by atoms with Crippen LogP contribution >= 0.6 is 0 Å². The molecule has 0 radical (unpaired) electrons. The lowest BCUT2D eigenvalue weighted by Gasteiger charge is -2.39. The number of alkyl halides is 2. The minimum Gasteiger partial charge on any atom is -0.374 e. The van der Waals surface area contributed by atoms with Gasteiger partial charge in [-0.2, -0.15) is 8.78 Å². The number of ether oxygens (including phenoxy) is 1. The number of morpholine rings is 1. The average Bonchev–Trinajstić information content (AvgIpc) is 2.38. The Balaban J connectivity index is 1.93. The standard InChI is InChI=1S/C13H21F2NO2/c1-13(14,15)12(17)16-7-8-18-11(9-16)10-5-3-2-4-6-10/h10-11H,2-9H2,1H3. The van der Waals surface area contributed by atoms with Crippen molar-refractivity contribution in [3.05, 3.63) is 0 Å². The summed E-state index contributed by atoms with van der Waals surface area (Å²) < 4.78 is 31.7. The van der Waals surface area contributed by atoms with Crippen molar-refractivity contribution in [1.82, 2.24) is 4.90 Å². The molecule has 1 aliphatic heterocycles. The Bertz CT molecular complexity index is 298. The van der Waals surface area contributed by atoms with Gasteiger partial charge < -0.3 is 9.64 Å². The number of hydrogen-bond donors (Lipinski definition) is 0. The van der Waals surface area contributed by atoms with Crippen molar-refractivity contribution in [2.24, 2.45) is 5.92 Å². The molecule has 5 heteroatoms. The van der Waals surface area contributed by atoms with Crippen LogP contribution in [0.4, 0.5) is 8.78 Å². The Morgan fingerprint density at radius 3 is 2.56 bits per heavy atom. The van der Waals surface area contributed by atoms with Crippen LogP contribution in [0.5, 0.6) is 0 Å². The van der Waals surface area contributed by atoms with Crippen molar-refractivity contribution < 1.29 is 18.3 Å². The van der Waals surface area contributed by atoms with Crippen molar-refractivity contribution in [3.8, 4) is 0 Å². The number of amides is 1. The summed E-state index contributed by atoms with van der Waals surface area (Å²) >= 11 is 0. The van der Waals surface area contributed by atoms with E-state index in [1.807, 2.05) is 0 Å². The first-order valence-corrected chi connectivity index (χ1v) is 6.77. The second-order valence-electron chi connectivity index (χ2n) is 5.45. The van der Waals surface area contributed by atoms with E-state index in [9.17, 15) is 13.6 Å². The summed E-state index contributed by atoms with van der Waals surface area (Å²) in [6, 6.07) is 0. The smallest absolute Gasteiger partial charge is 0.322 e. The summed E-state index contributed by atoms with van der Waals surface area (Å²) in [5.74, 6) is -3.90. The maximum absolute atomic E-state index is 13.0. The molecule has 104 valence electrons. The third-order valence-electron chi connectivity index (χ3n) is 3.93. The fourth-order valence-corrected chi connectivity index (χ4v) is 2.93. The second kappa shape index (κ2) is 5.51. The minimum absolute atomic E-state index is 0.0506.